The van der Waals surface area contributed by atoms with Gasteiger partial charge < -0.3 is 4.57 Å². The number of hydrogen-bond donors (Lipinski definition) is 0. The number of para-hydroxylation sites is 1. The van der Waals surface area contributed by atoms with Crippen molar-refractivity contribution in [1.29, 1.82) is 0 Å². The van der Waals surface area contributed by atoms with Gasteiger partial charge in [0.1, 0.15) is 5.82 Å². The fourth-order valence-electron chi connectivity index (χ4n) is 2.91. The number of alkyl halides is 1. The molecule has 0 radical (unpaired) electrons. The average molecular weight is 279 g/mol. The molecule has 0 bridgehead atoms. The molecule has 0 amide bonds. The predicted octanol–water partition coefficient (Wildman–Crippen LogP) is 5.25. The second-order valence-electron chi connectivity index (χ2n) is 5.62. The lowest BCUT2D eigenvalue weighted by atomic mass is 10.0. The molecule has 0 fully saturated rings. The van der Waals surface area contributed by atoms with E-state index in [2.05, 4.69) is 50.5 Å². The summed E-state index contributed by atoms with van der Waals surface area (Å²) in [4.78, 5) is 4.76. The quantitative estimate of drug-likeness (QED) is 0.698. The first kappa shape index (κ1) is 14.4. The maximum absolute atomic E-state index is 6.35. The minimum atomic E-state index is -0.0698. The molecule has 0 spiro atoms. The molecule has 2 nitrogen and oxygen atoms in total. The van der Waals surface area contributed by atoms with Crippen LogP contribution in [0.2, 0.25) is 0 Å². The molecule has 1 heterocycles. The first-order valence-corrected chi connectivity index (χ1v) is 7.52. The molecule has 2 rings (SSSR count). The molecule has 2 aromatic rings. The number of benzene rings is 1. The van der Waals surface area contributed by atoms with Gasteiger partial charge in [0.2, 0.25) is 0 Å². The number of imidazole rings is 1. The van der Waals surface area contributed by atoms with Gasteiger partial charge in [-0.15, -0.1) is 11.6 Å². The highest BCUT2D eigenvalue weighted by Crippen LogP contribution is 2.34. The van der Waals surface area contributed by atoms with Crippen LogP contribution in [0.4, 0.5) is 0 Å². The Balaban J connectivity index is 2.77. The first-order chi connectivity index (χ1) is 8.97. The SMILES string of the molecule is CCC(C(C)C)n1c(C(C)Cl)nc2cccc(C)c21. The summed E-state index contributed by atoms with van der Waals surface area (Å²) in [6.45, 7) is 10.9. The third-order valence-electron chi connectivity index (χ3n) is 3.81. The van der Waals surface area contributed by atoms with Crippen molar-refractivity contribution in [2.24, 2.45) is 5.92 Å². The van der Waals surface area contributed by atoms with Crippen molar-refractivity contribution in [1.82, 2.24) is 9.55 Å². The van der Waals surface area contributed by atoms with Crippen molar-refractivity contribution in [3.63, 3.8) is 0 Å². The van der Waals surface area contributed by atoms with Crippen LogP contribution in [0.1, 0.15) is 56.9 Å². The number of nitrogens with zero attached hydrogens (tertiary/aromatic N) is 2. The van der Waals surface area contributed by atoms with Crippen molar-refractivity contribution < 1.29 is 0 Å². The molecule has 2 atom stereocenters. The van der Waals surface area contributed by atoms with Crippen molar-refractivity contribution in [3.8, 4) is 0 Å². The van der Waals surface area contributed by atoms with E-state index in [-0.39, 0.29) is 5.38 Å². The summed E-state index contributed by atoms with van der Waals surface area (Å²) in [7, 11) is 0. The average Bonchev–Trinajstić information content (AvgIpc) is 2.71. The standard InChI is InChI=1S/C16H23ClN2/c1-6-14(10(2)3)19-15-11(4)8-7-9-13(15)18-16(19)12(5)17/h7-10,12,14H,6H2,1-5H3. The van der Waals surface area contributed by atoms with Crippen LogP contribution in [-0.4, -0.2) is 9.55 Å². The number of aromatic nitrogens is 2. The Morgan fingerprint density at radius 3 is 2.47 bits per heavy atom. The van der Waals surface area contributed by atoms with E-state index in [9.17, 15) is 0 Å². The summed E-state index contributed by atoms with van der Waals surface area (Å²) in [5.41, 5.74) is 3.57. The zero-order valence-electron chi connectivity index (χ0n) is 12.4. The summed E-state index contributed by atoms with van der Waals surface area (Å²) in [6, 6.07) is 6.74. The molecular weight excluding hydrogens is 256 g/mol. The normalized spacial score (nSPS) is 15.1. The van der Waals surface area contributed by atoms with E-state index >= 15 is 0 Å². The summed E-state index contributed by atoms with van der Waals surface area (Å²) in [5, 5.41) is -0.0698. The molecule has 19 heavy (non-hydrogen) atoms. The predicted molar refractivity (Wildman–Crippen MR) is 82.9 cm³/mol. The topological polar surface area (TPSA) is 17.8 Å². The Bertz CT molecular complexity index is 569. The van der Waals surface area contributed by atoms with E-state index in [4.69, 9.17) is 16.6 Å². The molecule has 0 aliphatic heterocycles. The number of fused-ring (bicyclic) bond motifs is 1. The Kier molecular flexibility index (Phi) is 4.19. The fourth-order valence-corrected chi connectivity index (χ4v) is 3.06. The van der Waals surface area contributed by atoms with Crippen molar-refractivity contribution in [2.75, 3.05) is 0 Å². The van der Waals surface area contributed by atoms with Gasteiger partial charge in [0.15, 0.2) is 0 Å². The summed E-state index contributed by atoms with van der Waals surface area (Å²) >= 11 is 6.35. The fraction of sp³-hybridized carbons (Fsp3) is 0.562. The van der Waals surface area contributed by atoms with Gasteiger partial charge in [0, 0.05) is 6.04 Å². The van der Waals surface area contributed by atoms with E-state index < -0.39 is 0 Å². The molecule has 0 N–H and O–H groups in total. The van der Waals surface area contributed by atoms with E-state index in [0.29, 0.717) is 12.0 Å². The third-order valence-corrected chi connectivity index (χ3v) is 4.01. The minimum Gasteiger partial charge on any atom is -0.323 e. The van der Waals surface area contributed by atoms with E-state index in [0.717, 1.165) is 17.8 Å². The van der Waals surface area contributed by atoms with E-state index in [1.165, 1.54) is 11.1 Å². The second kappa shape index (κ2) is 5.54. The van der Waals surface area contributed by atoms with Gasteiger partial charge in [-0.2, -0.15) is 0 Å². The second-order valence-corrected chi connectivity index (χ2v) is 6.27. The lowest BCUT2D eigenvalue weighted by Crippen LogP contribution is -2.17. The molecule has 1 aromatic heterocycles. The van der Waals surface area contributed by atoms with Gasteiger partial charge in [0.25, 0.3) is 0 Å². The zero-order valence-corrected chi connectivity index (χ0v) is 13.2. The van der Waals surface area contributed by atoms with Gasteiger partial charge in [-0.05, 0) is 37.8 Å². The molecule has 0 saturated carbocycles. The molecule has 3 heteroatoms. The number of halogens is 1. The van der Waals surface area contributed by atoms with Crippen molar-refractivity contribution in [3.05, 3.63) is 29.6 Å². The zero-order chi connectivity index (χ0) is 14.2. The lowest BCUT2D eigenvalue weighted by molar-refractivity contribution is 0.364. The maximum atomic E-state index is 6.35. The molecule has 2 unspecified atom stereocenters. The summed E-state index contributed by atoms with van der Waals surface area (Å²) < 4.78 is 2.37. The van der Waals surface area contributed by atoms with Crippen LogP contribution in [0.5, 0.6) is 0 Å². The minimum absolute atomic E-state index is 0.0698. The largest absolute Gasteiger partial charge is 0.323 e. The number of aryl methyl sites for hydroxylation is 1. The maximum Gasteiger partial charge on any atom is 0.127 e. The van der Waals surface area contributed by atoms with Gasteiger partial charge in [-0.25, -0.2) is 4.98 Å². The highest BCUT2D eigenvalue weighted by atomic mass is 35.5. The molecule has 1 aromatic carbocycles. The van der Waals surface area contributed by atoms with Gasteiger partial charge in [-0.1, -0.05) is 32.9 Å². The van der Waals surface area contributed by atoms with E-state index in [1.54, 1.807) is 0 Å². The molecule has 104 valence electrons. The first-order valence-electron chi connectivity index (χ1n) is 7.08. The van der Waals surface area contributed by atoms with Gasteiger partial charge in [0.05, 0.1) is 16.4 Å². The Morgan fingerprint density at radius 1 is 1.26 bits per heavy atom. The Morgan fingerprint density at radius 2 is 1.95 bits per heavy atom. The van der Waals surface area contributed by atoms with Crippen molar-refractivity contribution >= 4 is 22.6 Å². The lowest BCUT2D eigenvalue weighted by Gasteiger charge is -2.25. The van der Waals surface area contributed by atoms with Crippen molar-refractivity contribution in [2.45, 2.75) is 52.5 Å². The van der Waals surface area contributed by atoms with Crippen LogP contribution < -0.4 is 0 Å². The van der Waals surface area contributed by atoms with Crippen LogP contribution in [0.3, 0.4) is 0 Å². The Labute approximate surface area is 120 Å². The molecule has 0 saturated heterocycles. The van der Waals surface area contributed by atoms with Crippen LogP contribution in [-0.2, 0) is 0 Å². The Hall–Kier alpha value is -1.02. The molecule has 0 aliphatic carbocycles. The number of rotatable bonds is 4. The van der Waals surface area contributed by atoms with Gasteiger partial charge in [-0.3, -0.25) is 0 Å². The summed E-state index contributed by atoms with van der Waals surface area (Å²) in [5.74, 6) is 1.56. The molecule has 0 aliphatic rings. The van der Waals surface area contributed by atoms with Gasteiger partial charge >= 0.3 is 0 Å². The smallest absolute Gasteiger partial charge is 0.127 e. The molecular formula is C16H23ClN2. The van der Waals surface area contributed by atoms with E-state index in [1.807, 2.05) is 6.92 Å². The van der Waals surface area contributed by atoms with Crippen LogP contribution in [0, 0.1) is 12.8 Å². The third kappa shape index (κ3) is 2.51. The highest BCUT2D eigenvalue weighted by molar-refractivity contribution is 6.20. The van der Waals surface area contributed by atoms with Crippen LogP contribution in [0.25, 0.3) is 11.0 Å². The van der Waals surface area contributed by atoms with Crippen LogP contribution >= 0.6 is 11.6 Å². The monoisotopic (exact) mass is 278 g/mol. The summed E-state index contributed by atoms with van der Waals surface area (Å²) in [6.07, 6.45) is 1.09. The number of hydrogen-bond acceptors (Lipinski definition) is 1. The van der Waals surface area contributed by atoms with Crippen LogP contribution in [0.15, 0.2) is 18.2 Å². The highest BCUT2D eigenvalue weighted by Gasteiger charge is 2.23.